The van der Waals surface area contributed by atoms with Crippen molar-refractivity contribution in [1.82, 2.24) is 10.6 Å². The Bertz CT molecular complexity index is 617. The molecule has 122 valence electrons. The second-order valence-electron chi connectivity index (χ2n) is 5.02. The van der Waals surface area contributed by atoms with E-state index in [1.165, 1.54) is 12.1 Å². The van der Waals surface area contributed by atoms with Crippen LogP contribution in [0.5, 0.6) is 0 Å². The fourth-order valence-electron chi connectivity index (χ4n) is 2.06. The molecule has 0 unspecified atom stereocenters. The molecule has 0 saturated carbocycles. The molecule has 0 heterocycles. The molecule has 2 aromatic carbocycles. The first-order chi connectivity index (χ1) is 11.3. The minimum absolute atomic E-state index is 0.235. The van der Waals surface area contributed by atoms with E-state index in [0.717, 1.165) is 11.1 Å². The number of ether oxygens (including phenoxy) is 1. The van der Waals surface area contributed by atoms with Gasteiger partial charge in [0, 0.05) is 20.1 Å². The Kier molecular flexibility index (Phi) is 7.07. The average Bonchev–Trinajstić information content (AvgIpc) is 2.58. The van der Waals surface area contributed by atoms with Crippen molar-refractivity contribution in [3.8, 4) is 0 Å². The quantitative estimate of drug-likeness (QED) is 0.469. The summed E-state index contributed by atoms with van der Waals surface area (Å²) in [4.78, 5) is 4.13. The van der Waals surface area contributed by atoms with Crippen LogP contribution in [-0.4, -0.2) is 26.2 Å². The van der Waals surface area contributed by atoms with Crippen LogP contribution in [-0.2, 0) is 17.9 Å². The molecule has 0 spiro atoms. The summed E-state index contributed by atoms with van der Waals surface area (Å²) in [6.45, 7) is 2.34. The lowest BCUT2D eigenvalue weighted by Crippen LogP contribution is -2.38. The third-order valence-corrected chi connectivity index (χ3v) is 3.22. The second-order valence-corrected chi connectivity index (χ2v) is 5.02. The van der Waals surface area contributed by atoms with Crippen molar-refractivity contribution in [3.05, 3.63) is 71.5 Å². The molecule has 2 rings (SSSR count). The van der Waals surface area contributed by atoms with Crippen LogP contribution in [0, 0.1) is 5.82 Å². The third-order valence-electron chi connectivity index (χ3n) is 3.22. The van der Waals surface area contributed by atoms with Gasteiger partial charge in [0.1, 0.15) is 5.82 Å². The van der Waals surface area contributed by atoms with Gasteiger partial charge in [0.25, 0.3) is 0 Å². The Morgan fingerprint density at radius 1 is 1.04 bits per heavy atom. The average molecular weight is 315 g/mol. The zero-order chi connectivity index (χ0) is 16.3. The SMILES string of the molecule is CN=C(NCCOCc1ccccc1)NCc1cccc(F)c1. The van der Waals surface area contributed by atoms with E-state index in [1.54, 1.807) is 13.1 Å². The molecule has 0 bridgehead atoms. The molecule has 0 saturated heterocycles. The summed E-state index contributed by atoms with van der Waals surface area (Å²) >= 11 is 0. The molecular weight excluding hydrogens is 293 g/mol. The first-order valence-corrected chi connectivity index (χ1v) is 7.58. The second kappa shape index (κ2) is 9.58. The lowest BCUT2D eigenvalue weighted by atomic mass is 10.2. The smallest absolute Gasteiger partial charge is 0.191 e. The maximum Gasteiger partial charge on any atom is 0.191 e. The Labute approximate surface area is 136 Å². The molecule has 2 N–H and O–H groups in total. The summed E-state index contributed by atoms with van der Waals surface area (Å²) < 4.78 is 18.7. The number of aliphatic imine (C=N–C) groups is 1. The van der Waals surface area contributed by atoms with Gasteiger partial charge in [0.2, 0.25) is 0 Å². The van der Waals surface area contributed by atoms with Crippen LogP contribution in [0.2, 0.25) is 0 Å². The number of hydrogen-bond acceptors (Lipinski definition) is 2. The van der Waals surface area contributed by atoms with Gasteiger partial charge in [-0.1, -0.05) is 42.5 Å². The molecule has 0 aromatic heterocycles. The van der Waals surface area contributed by atoms with E-state index >= 15 is 0 Å². The molecule has 0 atom stereocenters. The molecule has 0 amide bonds. The molecule has 0 aliphatic rings. The number of rotatable bonds is 7. The maximum absolute atomic E-state index is 13.1. The van der Waals surface area contributed by atoms with Crippen LogP contribution in [0.25, 0.3) is 0 Å². The molecule has 0 fully saturated rings. The Morgan fingerprint density at radius 2 is 1.83 bits per heavy atom. The molecule has 23 heavy (non-hydrogen) atoms. The van der Waals surface area contributed by atoms with E-state index in [4.69, 9.17) is 4.74 Å². The topological polar surface area (TPSA) is 45.7 Å². The largest absolute Gasteiger partial charge is 0.375 e. The van der Waals surface area contributed by atoms with Gasteiger partial charge in [-0.25, -0.2) is 4.39 Å². The van der Waals surface area contributed by atoms with Crippen molar-refractivity contribution in [3.63, 3.8) is 0 Å². The summed E-state index contributed by atoms with van der Waals surface area (Å²) in [5, 5.41) is 6.30. The zero-order valence-corrected chi connectivity index (χ0v) is 13.3. The van der Waals surface area contributed by atoms with E-state index in [9.17, 15) is 4.39 Å². The van der Waals surface area contributed by atoms with Crippen molar-refractivity contribution in [2.24, 2.45) is 4.99 Å². The first kappa shape index (κ1) is 17.0. The molecule has 0 aliphatic carbocycles. The Hall–Kier alpha value is -2.40. The van der Waals surface area contributed by atoms with Crippen LogP contribution in [0.4, 0.5) is 4.39 Å². The molecule has 5 heteroatoms. The minimum atomic E-state index is -0.235. The molecule has 0 radical (unpaired) electrons. The summed E-state index contributed by atoms with van der Waals surface area (Å²) in [6.07, 6.45) is 0. The highest BCUT2D eigenvalue weighted by molar-refractivity contribution is 5.79. The van der Waals surface area contributed by atoms with Crippen LogP contribution in [0.3, 0.4) is 0 Å². The number of guanidine groups is 1. The number of nitrogens with zero attached hydrogens (tertiary/aromatic N) is 1. The fraction of sp³-hybridized carbons (Fsp3) is 0.278. The zero-order valence-electron chi connectivity index (χ0n) is 13.3. The highest BCUT2D eigenvalue weighted by atomic mass is 19.1. The number of hydrogen-bond donors (Lipinski definition) is 2. The first-order valence-electron chi connectivity index (χ1n) is 7.58. The normalized spacial score (nSPS) is 11.3. The summed E-state index contributed by atoms with van der Waals surface area (Å²) in [5.74, 6) is 0.430. The van der Waals surface area contributed by atoms with E-state index in [2.05, 4.69) is 15.6 Å². The summed E-state index contributed by atoms with van der Waals surface area (Å²) in [7, 11) is 1.70. The van der Waals surface area contributed by atoms with Gasteiger partial charge in [-0.2, -0.15) is 0 Å². The van der Waals surface area contributed by atoms with Crippen LogP contribution < -0.4 is 10.6 Å². The van der Waals surface area contributed by atoms with E-state index < -0.39 is 0 Å². The Balaban J connectivity index is 1.63. The summed E-state index contributed by atoms with van der Waals surface area (Å²) in [5.41, 5.74) is 2.02. The van der Waals surface area contributed by atoms with E-state index in [0.29, 0.717) is 32.3 Å². The van der Waals surface area contributed by atoms with Crippen molar-refractivity contribution in [1.29, 1.82) is 0 Å². The predicted molar refractivity (Wildman–Crippen MR) is 90.7 cm³/mol. The predicted octanol–water partition coefficient (Wildman–Crippen LogP) is 2.71. The third kappa shape index (κ3) is 6.48. The Morgan fingerprint density at radius 3 is 2.57 bits per heavy atom. The summed E-state index contributed by atoms with van der Waals surface area (Å²) in [6, 6.07) is 16.5. The lowest BCUT2D eigenvalue weighted by molar-refractivity contribution is 0.125. The number of halogens is 1. The van der Waals surface area contributed by atoms with Gasteiger partial charge in [0.15, 0.2) is 5.96 Å². The van der Waals surface area contributed by atoms with Crippen molar-refractivity contribution < 1.29 is 9.13 Å². The van der Waals surface area contributed by atoms with Crippen molar-refractivity contribution in [2.75, 3.05) is 20.2 Å². The van der Waals surface area contributed by atoms with Gasteiger partial charge >= 0.3 is 0 Å². The number of benzene rings is 2. The van der Waals surface area contributed by atoms with Gasteiger partial charge in [0.05, 0.1) is 13.2 Å². The molecule has 4 nitrogen and oxygen atoms in total. The lowest BCUT2D eigenvalue weighted by Gasteiger charge is -2.12. The highest BCUT2D eigenvalue weighted by Crippen LogP contribution is 2.02. The maximum atomic E-state index is 13.1. The van der Waals surface area contributed by atoms with Crippen molar-refractivity contribution in [2.45, 2.75) is 13.2 Å². The standard InChI is InChI=1S/C18H22FN3O/c1-20-18(22-13-16-8-5-9-17(19)12-16)21-10-11-23-14-15-6-3-2-4-7-15/h2-9,12H,10-11,13-14H2,1H3,(H2,20,21,22). The van der Waals surface area contributed by atoms with Gasteiger partial charge < -0.3 is 15.4 Å². The van der Waals surface area contributed by atoms with Gasteiger partial charge in [-0.15, -0.1) is 0 Å². The number of nitrogens with one attached hydrogen (secondary N) is 2. The van der Waals surface area contributed by atoms with Crippen molar-refractivity contribution >= 4 is 5.96 Å². The van der Waals surface area contributed by atoms with E-state index in [-0.39, 0.29) is 5.82 Å². The molecular formula is C18H22FN3O. The highest BCUT2D eigenvalue weighted by Gasteiger charge is 1.99. The van der Waals surface area contributed by atoms with Crippen LogP contribution in [0.1, 0.15) is 11.1 Å². The van der Waals surface area contributed by atoms with Gasteiger partial charge in [-0.3, -0.25) is 4.99 Å². The van der Waals surface area contributed by atoms with Crippen LogP contribution >= 0.6 is 0 Å². The molecule has 2 aromatic rings. The van der Waals surface area contributed by atoms with Crippen LogP contribution in [0.15, 0.2) is 59.6 Å². The monoisotopic (exact) mass is 315 g/mol. The van der Waals surface area contributed by atoms with Gasteiger partial charge in [-0.05, 0) is 23.3 Å². The molecule has 0 aliphatic heterocycles. The fourth-order valence-corrected chi connectivity index (χ4v) is 2.06. The minimum Gasteiger partial charge on any atom is -0.375 e. The van der Waals surface area contributed by atoms with E-state index in [1.807, 2.05) is 36.4 Å².